The van der Waals surface area contributed by atoms with E-state index in [4.69, 9.17) is 5.26 Å². The summed E-state index contributed by atoms with van der Waals surface area (Å²) in [5.74, 6) is -0.855. The molecule has 1 aromatic carbocycles. The molecule has 7 heteroatoms. The average Bonchev–Trinajstić information content (AvgIpc) is 2.46. The van der Waals surface area contributed by atoms with E-state index in [1.807, 2.05) is 0 Å². The first-order chi connectivity index (χ1) is 9.52. The van der Waals surface area contributed by atoms with E-state index in [2.05, 4.69) is 0 Å². The van der Waals surface area contributed by atoms with Gasteiger partial charge in [-0.05, 0) is 25.0 Å². The Bertz CT molecular complexity index is 640. The van der Waals surface area contributed by atoms with Crippen molar-refractivity contribution in [2.45, 2.75) is 30.2 Å². The van der Waals surface area contributed by atoms with Crippen molar-refractivity contribution in [1.29, 1.82) is 5.26 Å². The van der Waals surface area contributed by atoms with Crippen LogP contribution in [0.1, 0.15) is 24.8 Å². The van der Waals surface area contributed by atoms with Gasteiger partial charge < -0.3 is 5.11 Å². The Kier molecular flexibility index (Phi) is 4.38. The third-order valence-corrected chi connectivity index (χ3v) is 5.45. The molecule has 1 unspecified atom stereocenters. The molecule has 108 valence electrons. The van der Waals surface area contributed by atoms with E-state index in [0.29, 0.717) is 12.8 Å². The maximum atomic E-state index is 13.6. The van der Waals surface area contributed by atoms with E-state index in [1.165, 1.54) is 16.4 Å². The number of aliphatic hydroxyl groups excluding tert-OH is 1. The molecule has 5 nitrogen and oxygen atoms in total. The number of hydrogen-bond donors (Lipinski definition) is 1. The maximum absolute atomic E-state index is 13.6. The Labute approximate surface area is 117 Å². The summed E-state index contributed by atoms with van der Waals surface area (Å²) in [5.41, 5.74) is -0.477. The van der Waals surface area contributed by atoms with Gasteiger partial charge in [0.25, 0.3) is 0 Å². The average molecular weight is 298 g/mol. The van der Waals surface area contributed by atoms with Crippen LogP contribution in [0.3, 0.4) is 0 Å². The summed E-state index contributed by atoms with van der Waals surface area (Å²) in [6, 6.07) is 4.63. The van der Waals surface area contributed by atoms with Crippen molar-refractivity contribution < 1.29 is 17.9 Å². The van der Waals surface area contributed by atoms with Crippen LogP contribution in [0.4, 0.5) is 4.39 Å². The van der Waals surface area contributed by atoms with Crippen molar-refractivity contribution in [3.8, 4) is 6.07 Å². The normalized spacial score (nSPS) is 20.6. The Morgan fingerprint density at radius 1 is 1.45 bits per heavy atom. The van der Waals surface area contributed by atoms with Crippen molar-refractivity contribution in [1.82, 2.24) is 4.31 Å². The highest BCUT2D eigenvalue weighted by molar-refractivity contribution is 7.89. The Morgan fingerprint density at radius 3 is 2.85 bits per heavy atom. The second kappa shape index (κ2) is 5.87. The number of benzene rings is 1. The van der Waals surface area contributed by atoms with Crippen LogP contribution in [0.2, 0.25) is 0 Å². The Morgan fingerprint density at radius 2 is 2.20 bits per heavy atom. The highest BCUT2D eigenvalue weighted by Gasteiger charge is 2.35. The molecule has 1 aliphatic heterocycles. The number of sulfonamides is 1. The van der Waals surface area contributed by atoms with Crippen LogP contribution in [-0.4, -0.2) is 37.0 Å². The maximum Gasteiger partial charge on any atom is 0.244 e. The van der Waals surface area contributed by atoms with Gasteiger partial charge in [-0.3, -0.25) is 0 Å². The molecule has 2 rings (SSSR count). The topological polar surface area (TPSA) is 81.4 Å². The SMILES string of the molecule is N#Cc1c(F)cccc1S(=O)(=O)N1CCCCC1CO. The van der Waals surface area contributed by atoms with Crippen LogP contribution in [0, 0.1) is 17.1 Å². The van der Waals surface area contributed by atoms with E-state index < -0.39 is 27.4 Å². The molecule has 1 fully saturated rings. The van der Waals surface area contributed by atoms with Gasteiger partial charge in [-0.2, -0.15) is 9.57 Å². The molecule has 0 aliphatic carbocycles. The van der Waals surface area contributed by atoms with Gasteiger partial charge in [0.2, 0.25) is 10.0 Å². The monoisotopic (exact) mass is 298 g/mol. The zero-order valence-corrected chi connectivity index (χ0v) is 11.6. The van der Waals surface area contributed by atoms with E-state index in [0.717, 1.165) is 12.5 Å². The molecule has 0 amide bonds. The van der Waals surface area contributed by atoms with Gasteiger partial charge in [0.05, 0.1) is 6.61 Å². The first-order valence-electron chi connectivity index (χ1n) is 6.33. The number of piperidine rings is 1. The zero-order valence-electron chi connectivity index (χ0n) is 10.8. The number of nitrogens with zero attached hydrogens (tertiary/aromatic N) is 2. The molecular formula is C13H15FN2O3S. The molecule has 20 heavy (non-hydrogen) atoms. The fourth-order valence-electron chi connectivity index (χ4n) is 2.43. The number of aliphatic hydroxyl groups is 1. The molecule has 0 aromatic heterocycles. The Hall–Kier alpha value is -1.49. The number of hydrogen-bond acceptors (Lipinski definition) is 4. The molecule has 0 radical (unpaired) electrons. The minimum Gasteiger partial charge on any atom is -0.395 e. The number of nitriles is 1. The third kappa shape index (κ3) is 2.54. The first-order valence-corrected chi connectivity index (χ1v) is 7.77. The molecule has 1 heterocycles. The molecule has 1 saturated heterocycles. The first kappa shape index (κ1) is 14.9. The quantitative estimate of drug-likeness (QED) is 0.910. The molecule has 1 aromatic rings. The van der Waals surface area contributed by atoms with E-state index >= 15 is 0 Å². The fourth-order valence-corrected chi connectivity index (χ4v) is 4.27. The van der Waals surface area contributed by atoms with Gasteiger partial charge in [0.15, 0.2) is 0 Å². The van der Waals surface area contributed by atoms with Crippen molar-refractivity contribution in [2.24, 2.45) is 0 Å². The van der Waals surface area contributed by atoms with Crippen molar-refractivity contribution >= 4 is 10.0 Å². The van der Waals surface area contributed by atoms with E-state index in [-0.39, 0.29) is 18.0 Å². The predicted molar refractivity (Wildman–Crippen MR) is 69.7 cm³/mol. The lowest BCUT2D eigenvalue weighted by Crippen LogP contribution is -2.45. The van der Waals surface area contributed by atoms with Crippen LogP contribution >= 0.6 is 0 Å². The summed E-state index contributed by atoms with van der Waals surface area (Å²) in [6.07, 6.45) is 2.09. The minimum absolute atomic E-state index is 0.273. The van der Waals surface area contributed by atoms with Crippen molar-refractivity contribution in [3.05, 3.63) is 29.6 Å². The van der Waals surface area contributed by atoms with Gasteiger partial charge in [-0.25, -0.2) is 12.8 Å². The van der Waals surface area contributed by atoms with Gasteiger partial charge in [0, 0.05) is 12.6 Å². The van der Waals surface area contributed by atoms with E-state index in [9.17, 15) is 17.9 Å². The van der Waals surface area contributed by atoms with Crippen LogP contribution in [0.5, 0.6) is 0 Å². The summed E-state index contributed by atoms with van der Waals surface area (Å²) in [7, 11) is -3.98. The second-order valence-corrected chi connectivity index (χ2v) is 6.53. The van der Waals surface area contributed by atoms with E-state index in [1.54, 1.807) is 6.07 Å². The summed E-state index contributed by atoms with van der Waals surface area (Å²) in [6.45, 7) is -0.00856. The molecule has 0 saturated carbocycles. The smallest absolute Gasteiger partial charge is 0.244 e. The molecule has 1 N–H and O–H groups in total. The van der Waals surface area contributed by atoms with Crippen LogP contribution < -0.4 is 0 Å². The highest BCUT2D eigenvalue weighted by Crippen LogP contribution is 2.27. The van der Waals surface area contributed by atoms with Crippen LogP contribution in [0.25, 0.3) is 0 Å². The van der Waals surface area contributed by atoms with Gasteiger partial charge >= 0.3 is 0 Å². The number of halogens is 1. The minimum atomic E-state index is -3.98. The third-order valence-electron chi connectivity index (χ3n) is 3.46. The summed E-state index contributed by atoms with van der Waals surface area (Å²) < 4.78 is 39.9. The fraction of sp³-hybridized carbons (Fsp3) is 0.462. The zero-order chi connectivity index (χ0) is 14.8. The summed E-state index contributed by atoms with van der Waals surface area (Å²) >= 11 is 0. The molecule has 1 aliphatic rings. The largest absolute Gasteiger partial charge is 0.395 e. The number of rotatable bonds is 3. The lowest BCUT2D eigenvalue weighted by molar-refractivity contribution is 0.155. The Balaban J connectivity index is 2.50. The van der Waals surface area contributed by atoms with Crippen molar-refractivity contribution in [3.63, 3.8) is 0 Å². The molecule has 0 bridgehead atoms. The lowest BCUT2D eigenvalue weighted by Gasteiger charge is -2.33. The summed E-state index contributed by atoms with van der Waals surface area (Å²) in [5, 5.41) is 18.3. The van der Waals surface area contributed by atoms with Crippen molar-refractivity contribution in [2.75, 3.05) is 13.2 Å². The predicted octanol–water partition coefficient (Wildman–Crippen LogP) is 1.23. The summed E-state index contributed by atoms with van der Waals surface area (Å²) in [4.78, 5) is -0.333. The van der Waals surface area contributed by atoms with Crippen LogP contribution in [0.15, 0.2) is 23.1 Å². The van der Waals surface area contributed by atoms with Gasteiger partial charge in [-0.1, -0.05) is 12.5 Å². The standard InChI is InChI=1S/C13H15FN2O3S/c14-12-5-3-6-13(11(12)8-15)20(18,19)16-7-2-1-4-10(16)9-17/h3,5-6,10,17H,1-2,4,7,9H2. The highest BCUT2D eigenvalue weighted by atomic mass is 32.2. The lowest BCUT2D eigenvalue weighted by atomic mass is 10.1. The molecular weight excluding hydrogens is 283 g/mol. The molecule has 1 atom stereocenters. The van der Waals surface area contributed by atoms with Crippen LogP contribution in [-0.2, 0) is 10.0 Å². The van der Waals surface area contributed by atoms with Gasteiger partial charge in [-0.15, -0.1) is 0 Å². The molecule has 0 spiro atoms. The second-order valence-electron chi connectivity index (χ2n) is 4.67. The van der Waals surface area contributed by atoms with Gasteiger partial charge in [0.1, 0.15) is 22.3 Å².